The minimum atomic E-state index is 0.0133. The molecule has 2 saturated carbocycles. The summed E-state index contributed by atoms with van der Waals surface area (Å²) in [5, 5.41) is 3.21. The minimum absolute atomic E-state index is 0.0133. The number of amides is 3. The summed E-state index contributed by atoms with van der Waals surface area (Å²) in [5.74, 6) is 0.244. The van der Waals surface area contributed by atoms with E-state index in [2.05, 4.69) is 10.3 Å². The number of urea groups is 1. The largest absolute Gasteiger partial charge is 0.340 e. The quantitative estimate of drug-likeness (QED) is 0.886. The van der Waals surface area contributed by atoms with Crippen LogP contribution in [0.1, 0.15) is 50.6 Å². The molecule has 1 N–H and O–H groups in total. The molecule has 1 saturated heterocycles. The molecule has 146 valence electrons. The molecule has 27 heavy (non-hydrogen) atoms. The summed E-state index contributed by atoms with van der Waals surface area (Å²) in [6.45, 7) is 2.03. The number of nitrogens with one attached hydrogen (secondary N) is 1. The lowest BCUT2D eigenvalue weighted by Gasteiger charge is -2.26. The van der Waals surface area contributed by atoms with Crippen molar-refractivity contribution in [3.63, 3.8) is 0 Å². The summed E-state index contributed by atoms with van der Waals surface area (Å²) < 4.78 is 0. The van der Waals surface area contributed by atoms with E-state index in [0.29, 0.717) is 12.6 Å². The van der Waals surface area contributed by atoms with Crippen molar-refractivity contribution >= 4 is 11.9 Å². The highest BCUT2D eigenvalue weighted by Gasteiger charge is 2.62. The second-order valence-corrected chi connectivity index (χ2v) is 8.59. The number of rotatable bonds is 4. The van der Waals surface area contributed by atoms with Gasteiger partial charge in [-0.05, 0) is 37.8 Å². The first-order chi connectivity index (χ1) is 13.1. The van der Waals surface area contributed by atoms with Gasteiger partial charge in [0.1, 0.15) is 0 Å². The Morgan fingerprint density at radius 2 is 2.11 bits per heavy atom. The standard InChI is InChI=1S/C21H30N4O2/c1-24(14-17-9-5-6-11-22-17)19(26)18-13-21(18)10-12-25(15-21)20(27)23-16-7-3-2-4-8-16/h5-6,9,11,16,18H,2-4,7-8,10,12-15H2,1H3,(H,23,27)/t18-,21-/m1/s1. The van der Waals surface area contributed by atoms with Crippen LogP contribution in [0.3, 0.4) is 0 Å². The highest BCUT2D eigenvalue weighted by atomic mass is 16.2. The normalized spacial score (nSPS) is 27.6. The number of hydrogen-bond donors (Lipinski definition) is 1. The number of carbonyl (C=O) groups excluding carboxylic acids is 2. The monoisotopic (exact) mass is 370 g/mol. The average molecular weight is 370 g/mol. The third kappa shape index (κ3) is 3.94. The van der Waals surface area contributed by atoms with Crippen molar-refractivity contribution in [1.82, 2.24) is 20.1 Å². The summed E-state index contributed by atoms with van der Waals surface area (Å²) in [4.78, 5) is 33.5. The zero-order chi connectivity index (χ0) is 18.9. The Hall–Kier alpha value is -2.11. The van der Waals surface area contributed by atoms with Gasteiger partial charge in [0.15, 0.2) is 0 Å². The molecule has 1 aliphatic heterocycles. The first-order valence-electron chi connectivity index (χ1n) is 10.3. The van der Waals surface area contributed by atoms with Crippen LogP contribution >= 0.6 is 0 Å². The number of hydrogen-bond acceptors (Lipinski definition) is 3. The molecule has 2 aliphatic carbocycles. The molecule has 3 fully saturated rings. The van der Waals surface area contributed by atoms with Gasteiger partial charge in [-0.1, -0.05) is 25.3 Å². The van der Waals surface area contributed by atoms with E-state index in [9.17, 15) is 9.59 Å². The molecule has 2 atom stereocenters. The predicted octanol–water partition coefficient (Wildman–Crippen LogP) is 2.79. The van der Waals surface area contributed by atoms with Gasteiger partial charge in [0, 0.05) is 43.7 Å². The summed E-state index contributed by atoms with van der Waals surface area (Å²) in [6.07, 6.45) is 9.53. The molecule has 0 aromatic carbocycles. The molecule has 1 spiro atoms. The fourth-order valence-electron chi connectivity index (χ4n) is 4.81. The first kappa shape index (κ1) is 18.3. The van der Waals surface area contributed by atoms with Crippen LogP contribution in [0.25, 0.3) is 0 Å². The molecular formula is C21H30N4O2. The lowest BCUT2D eigenvalue weighted by Crippen LogP contribution is -2.44. The second kappa shape index (κ2) is 7.49. The van der Waals surface area contributed by atoms with Crippen molar-refractivity contribution < 1.29 is 9.59 Å². The zero-order valence-electron chi connectivity index (χ0n) is 16.2. The van der Waals surface area contributed by atoms with Crippen molar-refractivity contribution in [3.05, 3.63) is 30.1 Å². The molecule has 0 radical (unpaired) electrons. The van der Waals surface area contributed by atoms with E-state index >= 15 is 0 Å². The fourth-order valence-corrected chi connectivity index (χ4v) is 4.81. The Kier molecular flexibility index (Phi) is 5.06. The number of aromatic nitrogens is 1. The van der Waals surface area contributed by atoms with Crippen molar-refractivity contribution in [1.29, 1.82) is 0 Å². The number of likely N-dealkylation sites (tertiary alicyclic amines) is 1. The highest BCUT2D eigenvalue weighted by Crippen LogP contribution is 2.59. The van der Waals surface area contributed by atoms with Crippen LogP contribution in [0.5, 0.6) is 0 Å². The Labute approximate surface area is 161 Å². The lowest BCUT2D eigenvalue weighted by molar-refractivity contribution is -0.132. The summed E-state index contributed by atoms with van der Waals surface area (Å²) in [5.41, 5.74) is 0.919. The minimum Gasteiger partial charge on any atom is -0.340 e. The topological polar surface area (TPSA) is 65.5 Å². The maximum absolute atomic E-state index is 12.8. The maximum Gasteiger partial charge on any atom is 0.317 e. The van der Waals surface area contributed by atoms with Crippen molar-refractivity contribution in [2.24, 2.45) is 11.3 Å². The Balaban J connectivity index is 1.28. The molecule has 4 rings (SSSR count). The summed E-state index contributed by atoms with van der Waals surface area (Å²) >= 11 is 0. The van der Waals surface area contributed by atoms with Gasteiger partial charge < -0.3 is 15.1 Å². The van der Waals surface area contributed by atoms with Crippen molar-refractivity contribution in [2.75, 3.05) is 20.1 Å². The molecule has 3 aliphatic rings. The third-order valence-corrected chi connectivity index (χ3v) is 6.59. The van der Waals surface area contributed by atoms with Gasteiger partial charge >= 0.3 is 6.03 Å². The van der Waals surface area contributed by atoms with Crippen LogP contribution in [0, 0.1) is 11.3 Å². The lowest BCUT2D eigenvalue weighted by atomic mass is 9.96. The van der Waals surface area contributed by atoms with Crippen LogP contribution < -0.4 is 5.32 Å². The molecule has 0 unspecified atom stereocenters. The molecule has 2 heterocycles. The smallest absolute Gasteiger partial charge is 0.317 e. The predicted molar refractivity (Wildman–Crippen MR) is 103 cm³/mol. The highest BCUT2D eigenvalue weighted by molar-refractivity contribution is 5.83. The second-order valence-electron chi connectivity index (χ2n) is 8.59. The van der Waals surface area contributed by atoms with Gasteiger partial charge in [0.05, 0.1) is 12.2 Å². The maximum atomic E-state index is 12.8. The van der Waals surface area contributed by atoms with Crippen LogP contribution in [0.2, 0.25) is 0 Å². The van der Waals surface area contributed by atoms with Gasteiger partial charge in [-0.15, -0.1) is 0 Å². The van der Waals surface area contributed by atoms with E-state index in [0.717, 1.165) is 44.5 Å². The summed E-state index contributed by atoms with van der Waals surface area (Å²) in [6, 6.07) is 6.17. The van der Waals surface area contributed by atoms with Gasteiger partial charge in [0.25, 0.3) is 0 Å². The number of nitrogens with zero attached hydrogens (tertiary/aromatic N) is 3. The van der Waals surface area contributed by atoms with E-state index < -0.39 is 0 Å². The van der Waals surface area contributed by atoms with Gasteiger partial charge in [-0.2, -0.15) is 0 Å². The van der Waals surface area contributed by atoms with Crippen LogP contribution in [-0.2, 0) is 11.3 Å². The molecule has 6 nitrogen and oxygen atoms in total. The Bertz CT molecular complexity index is 689. The molecule has 1 aromatic rings. The molecule has 6 heteroatoms. The van der Waals surface area contributed by atoms with E-state index in [-0.39, 0.29) is 23.3 Å². The molecule has 0 bridgehead atoms. The summed E-state index contributed by atoms with van der Waals surface area (Å²) in [7, 11) is 1.85. The Morgan fingerprint density at radius 1 is 1.30 bits per heavy atom. The first-order valence-corrected chi connectivity index (χ1v) is 10.3. The average Bonchev–Trinajstić information content (AvgIpc) is 3.21. The SMILES string of the molecule is CN(Cc1ccccn1)C(=O)[C@H]1C[C@@]12CCN(C(=O)NC1CCCCC1)C2. The van der Waals surface area contributed by atoms with Crippen LogP contribution in [-0.4, -0.2) is 52.9 Å². The van der Waals surface area contributed by atoms with E-state index in [1.807, 2.05) is 30.1 Å². The van der Waals surface area contributed by atoms with E-state index in [1.54, 1.807) is 11.1 Å². The Morgan fingerprint density at radius 3 is 2.85 bits per heavy atom. The van der Waals surface area contributed by atoms with E-state index in [1.165, 1.54) is 19.3 Å². The van der Waals surface area contributed by atoms with Crippen molar-refractivity contribution in [2.45, 2.75) is 57.5 Å². The van der Waals surface area contributed by atoms with E-state index in [4.69, 9.17) is 0 Å². The molecule has 1 aromatic heterocycles. The number of pyridine rings is 1. The van der Waals surface area contributed by atoms with Gasteiger partial charge in [-0.25, -0.2) is 4.79 Å². The van der Waals surface area contributed by atoms with Gasteiger partial charge in [0.2, 0.25) is 5.91 Å². The fraction of sp³-hybridized carbons (Fsp3) is 0.667. The molecular weight excluding hydrogens is 340 g/mol. The zero-order valence-corrected chi connectivity index (χ0v) is 16.2. The van der Waals surface area contributed by atoms with Gasteiger partial charge in [-0.3, -0.25) is 9.78 Å². The van der Waals surface area contributed by atoms with Crippen LogP contribution in [0.15, 0.2) is 24.4 Å². The van der Waals surface area contributed by atoms with Crippen LogP contribution in [0.4, 0.5) is 4.79 Å². The molecule has 3 amide bonds. The van der Waals surface area contributed by atoms with Crippen molar-refractivity contribution in [3.8, 4) is 0 Å². The third-order valence-electron chi connectivity index (χ3n) is 6.59. The number of carbonyl (C=O) groups is 2.